The number of nitrogens with zero attached hydrogens (tertiary/aromatic N) is 4. The highest BCUT2D eigenvalue weighted by Crippen LogP contribution is 2.26. The van der Waals surface area contributed by atoms with Gasteiger partial charge in [0, 0.05) is 43.1 Å². The number of hydrogen-bond donors (Lipinski definition) is 1. The smallest absolute Gasteiger partial charge is 0.321 e. The van der Waals surface area contributed by atoms with Gasteiger partial charge in [0.2, 0.25) is 0 Å². The molecule has 1 aliphatic rings. The molecule has 3 heterocycles. The van der Waals surface area contributed by atoms with Crippen LogP contribution in [0.3, 0.4) is 0 Å². The van der Waals surface area contributed by atoms with Crippen molar-refractivity contribution in [3.05, 3.63) is 71.4 Å². The van der Waals surface area contributed by atoms with Crippen molar-refractivity contribution < 1.29 is 4.79 Å². The minimum Gasteiger partial charge on any atom is -0.351 e. The molecule has 0 aliphatic carbocycles. The van der Waals surface area contributed by atoms with Gasteiger partial charge in [0.1, 0.15) is 0 Å². The summed E-state index contributed by atoms with van der Waals surface area (Å²) in [4.78, 5) is 21.7. The number of carbonyl (C=O) groups excluding carboxylic acids is 1. The van der Waals surface area contributed by atoms with Gasteiger partial charge < -0.3 is 19.5 Å². The van der Waals surface area contributed by atoms with Crippen LogP contribution in [-0.4, -0.2) is 46.5 Å². The van der Waals surface area contributed by atoms with Gasteiger partial charge in [0.05, 0.1) is 16.6 Å². The van der Waals surface area contributed by atoms with Crippen LogP contribution in [0.5, 0.6) is 0 Å². The number of urea groups is 1. The van der Waals surface area contributed by atoms with Crippen molar-refractivity contribution in [2.24, 2.45) is 0 Å². The zero-order valence-electron chi connectivity index (χ0n) is 16.7. The van der Waals surface area contributed by atoms with E-state index in [4.69, 9.17) is 16.6 Å². The molecular weight excluding hydrogens is 398 g/mol. The molecule has 1 fully saturated rings. The molecule has 2 amide bonds. The number of anilines is 2. The molecule has 0 saturated carbocycles. The molecule has 0 spiro atoms. The second kappa shape index (κ2) is 7.54. The van der Waals surface area contributed by atoms with E-state index in [2.05, 4.69) is 32.9 Å². The number of carbonyl (C=O) groups is 1. The summed E-state index contributed by atoms with van der Waals surface area (Å²) in [5.74, 6) is 0.962. The van der Waals surface area contributed by atoms with Crippen molar-refractivity contribution in [1.82, 2.24) is 14.3 Å². The lowest BCUT2D eigenvalue weighted by molar-refractivity contribution is 0.208. The lowest BCUT2D eigenvalue weighted by Crippen LogP contribution is -2.50. The normalized spacial score (nSPS) is 14.5. The number of aryl methyl sites for hydroxylation is 1. The number of nitrogens with one attached hydrogen (secondary N) is 1. The summed E-state index contributed by atoms with van der Waals surface area (Å²) in [7, 11) is 0. The Morgan fingerprint density at radius 1 is 1.00 bits per heavy atom. The van der Waals surface area contributed by atoms with Crippen LogP contribution in [-0.2, 0) is 0 Å². The average Bonchev–Trinajstić information content (AvgIpc) is 3.26. The van der Waals surface area contributed by atoms with Gasteiger partial charge in [-0.15, -0.1) is 0 Å². The van der Waals surface area contributed by atoms with E-state index in [1.807, 2.05) is 48.2 Å². The van der Waals surface area contributed by atoms with Crippen LogP contribution in [0.4, 0.5) is 16.3 Å². The summed E-state index contributed by atoms with van der Waals surface area (Å²) in [6.45, 7) is 4.66. The fraction of sp³-hybridized carbons (Fsp3) is 0.217. The Hall–Kier alpha value is -3.25. The topological polar surface area (TPSA) is 52.9 Å². The molecule has 2 aromatic carbocycles. The number of aromatic nitrogens is 2. The maximum atomic E-state index is 12.7. The summed E-state index contributed by atoms with van der Waals surface area (Å²) >= 11 is 6.17. The lowest BCUT2D eigenvalue weighted by Gasteiger charge is -2.35. The van der Waals surface area contributed by atoms with E-state index in [1.165, 1.54) is 0 Å². The van der Waals surface area contributed by atoms with Crippen LogP contribution in [0, 0.1) is 6.92 Å². The third-order valence-electron chi connectivity index (χ3n) is 5.64. The number of para-hydroxylation sites is 2. The Morgan fingerprint density at radius 2 is 1.77 bits per heavy atom. The first kappa shape index (κ1) is 18.8. The first-order valence-electron chi connectivity index (χ1n) is 10.0. The van der Waals surface area contributed by atoms with Crippen LogP contribution in [0.15, 0.2) is 60.8 Å². The van der Waals surface area contributed by atoms with E-state index >= 15 is 0 Å². The van der Waals surface area contributed by atoms with Gasteiger partial charge in [-0.3, -0.25) is 0 Å². The fourth-order valence-electron chi connectivity index (χ4n) is 3.93. The number of piperazine rings is 1. The predicted octanol–water partition coefficient (Wildman–Crippen LogP) is 4.80. The first-order valence-corrected chi connectivity index (χ1v) is 10.4. The number of halogens is 1. The van der Waals surface area contributed by atoms with Gasteiger partial charge >= 0.3 is 6.03 Å². The van der Waals surface area contributed by atoms with Gasteiger partial charge in [-0.25, -0.2) is 9.78 Å². The molecule has 6 nitrogen and oxygen atoms in total. The van der Waals surface area contributed by atoms with E-state index in [0.717, 1.165) is 41.0 Å². The number of benzene rings is 2. The largest absolute Gasteiger partial charge is 0.351 e. The highest BCUT2D eigenvalue weighted by Gasteiger charge is 2.24. The van der Waals surface area contributed by atoms with Gasteiger partial charge in [0.15, 0.2) is 5.82 Å². The molecule has 0 unspecified atom stereocenters. The maximum Gasteiger partial charge on any atom is 0.321 e. The summed E-state index contributed by atoms with van der Waals surface area (Å²) in [5.41, 5.74) is 4.84. The molecule has 0 radical (unpaired) electrons. The van der Waals surface area contributed by atoms with Crippen molar-refractivity contribution in [2.75, 3.05) is 36.4 Å². The fourth-order valence-corrected chi connectivity index (χ4v) is 4.11. The van der Waals surface area contributed by atoms with Crippen LogP contribution < -0.4 is 10.2 Å². The Morgan fingerprint density at radius 3 is 2.57 bits per heavy atom. The summed E-state index contributed by atoms with van der Waals surface area (Å²) in [6.07, 6.45) is 2.07. The van der Waals surface area contributed by atoms with Gasteiger partial charge in [-0.05, 0) is 48.9 Å². The Balaban J connectivity index is 1.32. The molecule has 152 valence electrons. The zero-order valence-corrected chi connectivity index (χ0v) is 17.4. The molecular formula is C23H22ClN5O. The van der Waals surface area contributed by atoms with Gasteiger partial charge in [-0.1, -0.05) is 29.8 Å². The number of rotatable bonds is 2. The number of fused-ring (bicyclic) bond motifs is 3. The van der Waals surface area contributed by atoms with Crippen LogP contribution >= 0.6 is 11.6 Å². The average molecular weight is 420 g/mol. The minimum atomic E-state index is -0.103. The second-order valence-corrected chi connectivity index (χ2v) is 7.96. The Labute approximate surface area is 179 Å². The van der Waals surface area contributed by atoms with Crippen molar-refractivity contribution >= 4 is 45.7 Å². The minimum absolute atomic E-state index is 0.103. The molecule has 4 aromatic rings. The highest BCUT2D eigenvalue weighted by molar-refractivity contribution is 6.31. The number of amides is 2. The van der Waals surface area contributed by atoms with E-state index in [1.54, 1.807) is 6.07 Å². The first-order chi connectivity index (χ1) is 14.6. The molecule has 5 rings (SSSR count). The third-order valence-corrected chi connectivity index (χ3v) is 6.04. The summed E-state index contributed by atoms with van der Waals surface area (Å²) in [5, 5.41) is 3.60. The molecule has 2 aromatic heterocycles. The monoisotopic (exact) mass is 419 g/mol. The molecule has 1 aliphatic heterocycles. The van der Waals surface area contributed by atoms with Crippen LogP contribution in [0.2, 0.25) is 5.02 Å². The van der Waals surface area contributed by atoms with Crippen molar-refractivity contribution in [1.29, 1.82) is 0 Å². The van der Waals surface area contributed by atoms with E-state index in [-0.39, 0.29) is 6.03 Å². The zero-order chi connectivity index (χ0) is 20.7. The van der Waals surface area contributed by atoms with Crippen LogP contribution in [0.1, 0.15) is 5.56 Å². The van der Waals surface area contributed by atoms with Crippen LogP contribution in [0.25, 0.3) is 16.6 Å². The quantitative estimate of drug-likeness (QED) is 0.507. The van der Waals surface area contributed by atoms with Crippen molar-refractivity contribution in [2.45, 2.75) is 6.92 Å². The van der Waals surface area contributed by atoms with E-state index in [0.29, 0.717) is 23.8 Å². The third kappa shape index (κ3) is 3.33. The Bertz CT molecular complexity index is 1240. The maximum absolute atomic E-state index is 12.7. The molecule has 0 atom stereocenters. The Kier molecular flexibility index (Phi) is 4.71. The lowest BCUT2D eigenvalue weighted by atomic mass is 10.2. The van der Waals surface area contributed by atoms with Gasteiger partial charge in [0.25, 0.3) is 0 Å². The molecule has 1 N–H and O–H groups in total. The van der Waals surface area contributed by atoms with Gasteiger partial charge in [-0.2, -0.15) is 0 Å². The second-order valence-electron chi connectivity index (χ2n) is 7.56. The molecule has 1 saturated heterocycles. The summed E-state index contributed by atoms with van der Waals surface area (Å²) in [6, 6.07) is 17.8. The van der Waals surface area contributed by atoms with Crippen molar-refractivity contribution in [3.8, 4) is 0 Å². The SMILES string of the molecule is Cc1ccc(NC(=O)N2CCN(c3nc4ccccc4n4cccc34)CC2)cc1Cl. The highest BCUT2D eigenvalue weighted by atomic mass is 35.5. The van der Waals surface area contributed by atoms with E-state index in [9.17, 15) is 4.79 Å². The molecule has 30 heavy (non-hydrogen) atoms. The molecule has 0 bridgehead atoms. The predicted molar refractivity (Wildman–Crippen MR) is 122 cm³/mol. The van der Waals surface area contributed by atoms with E-state index < -0.39 is 0 Å². The molecule has 7 heteroatoms. The standard InChI is InChI=1S/C23H22ClN5O/c1-16-8-9-17(15-18(16)24)25-23(30)28-13-11-27(12-14-28)22-21-7-4-10-29(21)20-6-3-2-5-19(20)26-22/h2-10,15H,11-14H2,1H3,(H,25,30). The van der Waals surface area contributed by atoms with Crippen molar-refractivity contribution in [3.63, 3.8) is 0 Å². The number of hydrogen-bond acceptors (Lipinski definition) is 3. The summed E-state index contributed by atoms with van der Waals surface area (Å²) < 4.78 is 2.18.